The van der Waals surface area contributed by atoms with Gasteiger partial charge in [-0.2, -0.15) is 0 Å². The fraction of sp³-hybridized carbons (Fsp3) is 0.818. The molecule has 4 heteroatoms. The molecule has 1 aliphatic heterocycles. The van der Waals surface area contributed by atoms with Gasteiger partial charge in [0.05, 0.1) is 6.04 Å². The summed E-state index contributed by atoms with van der Waals surface area (Å²) in [6.07, 6.45) is 2.17. The molecule has 0 saturated carbocycles. The second-order valence-corrected chi connectivity index (χ2v) is 4.52. The lowest BCUT2D eigenvalue weighted by Crippen LogP contribution is -2.51. The monoisotopic (exact) mass is 212 g/mol. The topological polar surface area (TPSA) is 49.4 Å². The van der Waals surface area contributed by atoms with E-state index in [2.05, 4.69) is 19.2 Å². The Morgan fingerprint density at radius 2 is 2.13 bits per heavy atom. The predicted octanol–water partition coefficient (Wildman–Crippen LogP) is 0.769. The van der Waals surface area contributed by atoms with Crippen LogP contribution in [0.4, 0.5) is 0 Å². The average molecular weight is 212 g/mol. The van der Waals surface area contributed by atoms with Gasteiger partial charge < -0.3 is 5.32 Å². The van der Waals surface area contributed by atoms with Crippen molar-refractivity contribution < 1.29 is 9.59 Å². The van der Waals surface area contributed by atoms with Crippen LogP contribution in [0.15, 0.2) is 0 Å². The zero-order valence-electron chi connectivity index (χ0n) is 9.75. The van der Waals surface area contributed by atoms with Gasteiger partial charge in [-0.15, -0.1) is 0 Å². The number of nitrogens with zero attached hydrogens (tertiary/aromatic N) is 1. The van der Waals surface area contributed by atoms with E-state index in [1.807, 2.05) is 0 Å². The zero-order chi connectivity index (χ0) is 11.4. The molecule has 86 valence electrons. The fourth-order valence-electron chi connectivity index (χ4n) is 1.65. The molecule has 0 aliphatic carbocycles. The average Bonchev–Trinajstić information content (AvgIpc) is 2.18. The third-order valence-electron chi connectivity index (χ3n) is 2.76. The summed E-state index contributed by atoms with van der Waals surface area (Å²) in [6, 6.07) is -0.161. The fourth-order valence-corrected chi connectivity index (χ4v) is 1.65. The summed E-state index contributed by atoms with van der Waals surface area (Å²) in [5.74, 6) is 0.479. The molecule has 0 aromatic heterocycles. The van der Waals surface area contributed by atoms with E-state index in [1.165, 1.54) is 4.90 Å². The van der Waals surface area contributed by atoms with Gasteiger partial charge in [0, 0.05) is 13.5 Å². The van der Waals surface area contributed by atoms with Crippen molar-refractivity contribution in [3.05, 3.63) is 0 Å². The van der Waals surface area contributed by atoms with Crippen LogP contribution in [-0.2, 0) is 9.59 Å². The molecule has 1 unspecified atom stereocenters. The van der Waals surface area contributed by atoms with Crippen molar-refractivity contribution in [1.82, 2.24) is 10.2 Å². The van der Waals surface area contributed by atoms with Crippen molar-refractivity contribution >= 4 is 11.8 Å². The second kappa shape index (κ2) is 5.26. The first-order chi connectivity index (χ1) is 7.02. The lowest BCUT2D eigenvalue weighted by molar-refractivity contribution is -0.148. The van der Waals surface area contributed by atoms with E-state index >= 15 is 0 Å². The van der Waals surface area contributed by atoms with Gasteiger partial charge in [0.1, 0.15) is 0 Å². The summed E-state index contributed by atoms with van der Waals surface area (Å²) in [5.41, 5.74) is 0. The van der Waals surface area contributed by atoms with Crippen LogP contribution in [0.1, 0.15) is 33.1 Å². The smallest absolute Gasteiger partial charge is 0.246 e. The van der Waals surface area contributed by atoms with Crippen molar-refractivity contribution in [2.24, 2.45) is 5.92 Å². The van der Waals surface area contributed by atoms with E-state index in [9.17, 15) is 9.59 Å². The highest BCUT2D eigenvalue weighted by Crippen LogP contribution is 2.11. The van der Waals surface area contributed by atoms with Crippen LogP contribution in [0.3, 0.4) is 0 Å². The minimum atomic E-state index is -0.161. The number of hydrogen-bond acceptors (Lipinski definition) is 3. The molecule has 0 radical (unpaired) electrons. The van der Waals surface area contributed by atoms with Gasteiger partial charge >= 0.3 is 0 Å². The SMILES string of the molecule is CC(C)CCNC1CCC(=O)N(C)C1=O. The molecule has 1 N–H and O–H groups in total. The lowest BCUT2D eigenvalue weighted by atomic mass is 10.0. The third kappa shape index (κ3) is 3.30. The molecule has 0 spiro atoms. The highest BCUT2D eigenvalue weighted by atomic mass is 16.2. The third-order valence-corrected chi connectivity index (χ3v) is 2.76. The normalized spacial score (nSPS) is 22.7. The summed E-state index contributed by atoms with van der Waals surface area (Å²) in [7, 11) is 1.56. The Balaban J connectivity index is 2.36. The van der Waals surface area contributed by atoms with Crippen LogP contribution in [0.5, 0.6) is 0 Å². The molecule has 1 rings (SSSR count). The second-order valence-electron chi connectivity index (χ2n) is 4.52. The molecular formula is C11H20N2O2. The lowest BCUT2D eigenvalue weighted by Gasteiger charge is -2.28. The van der Waals surface area contributed by atoms with Gasteiger partial charge in [0.2, 0.25) is 11.8 Å². The molecule has 0 aromatic rings. The van der Waals surface area contributed by atoms with E-state index in [0.29, 0.717) is 18.8 Å². The number of likely N-dealkylation sites (N-methyl/N-ethyl adjacent to an activating group) is 1. The highest BCUT2D eigenvalue weighted by molar-refractivity contribution is 6.00. The van der Waals surface area contributed by atoms with Gasteiger partial charge in [-0.05, 0) is 25.3 Å². The molecule has 0 aromatic carbocycles. The van der Waals surface area contributed by atoms with Crippen LogP contribution in [0.25, 0.3) is 0 Å². The molecule has 1 aliphatic rings. The van der Waals surface area contributed by atoms with E-state index in [1.54, 1.807) is 7.05 Å². The first kappa shape index (κ1) is 12.2. The molecular weight excluding hydrogens is 192 g/mol. The van der Waals surface area contributed by atoms with E-state index in [4.69, 9.17) is 0 Å². The van der Waals surface area contributed by atoms with Crippen molar-refractivity contribution in [2.75, 3.05) is 13.6 Å². The van der Waals surface area contributed by atoms with Crippen LogP contribution < -0.4 is 5.32 Å². The number of nitrogens with one attached hydrogen (secondary N) is 1. The number of carbonyl (C=O) groups is 2. The Morgan fingerprint density at radius 3 is 2.73 bits per heavy atom. The Morgan fingerprint density at radius 1 is 1.47 bits per heavy atom. The van der Waals surface area contributed by atoms with Gasteiger partial charge in [-0.1, -0.05) is 13.8 Å². The predicted molar refractivity (Wildman–Crippen MR) is 58.3 cm³/mol. The molecule has 1 saturated heterocycles. The molecule has 2 amide bonds. The van der Waals surface area contributed by atoms with E-state index in [-0.39, 0.29) is 17.9 Å². The van der Waals surface area contributed by atoms with Crippen molar-refractivity contribution in [2.45, 2.75) is 39.2 Å². The minimum Gasteiger partial charge on any atom is -0.306 e. The Kier molecular flexibility index (Phi) is 4.27. The minimum absolute atomic E-state index is 0.0677. The zero-order valence-corrected chi connectivity index (χ0v) is 9.75. The number of amides is 2. The van der Waals surface area contributed by atoms with Crippen molar-refractivity contribution in [3.8, 4) is 0 Å². The molecule has 1 heterocycles. The van der Waals surface area contributed by atoms with Gasteiger partial charge in [0.25, 0.3) is 0 Å². The number of carbonyl (C=O) groups excluding carboxylic acids is 2. The van der Waals surface area contributed by atoms with Gasteiger partial charge in [-0.3, -0.25) is 14.5 Å². The highest BCUT2D eigenvalue weighted by Gasteiger charge is 2.30. The summed E-state index contributed by atoms with van der Waals surface area (Å²) in [6.45, 7) is 5.15. The Bertz CT molecular complexity index is 251. The molecule has 1 atom stereocenters. The van der Waals surface area contributed by atoms with Crippen LogP contribution in [0, 0.1) is 5.92 Å². The number of rotatable bonds is 4. The van der Waals surface area contributed by atoms with Gasteiger partial charge in [0.15, 0.2) is 0 Å². The Labute approximate surface area is 91.0 Å². The van der Waals surface area contributed by atoms with Crippen LogP contribution in [0.2, 0.25) is 0 Å². The van der Waals surface area contributed by atoms with E-state index in [0.717, 1.165) is 13.0 Å². The molecule has 0 bridgehead atoms. The maximum atomic E-state index is 11.7. The summed E-state index contributed by atoms with van der Waals surface area (Å²) >= 11 is 0. The maximum Gasteiger partial charge on any atom is 0.246 e. The van der Waals surface area contributed by atoms with Gasteiger partial charge in [-0.25, -0.2) is 0 Å². The summed E-state index contributed by atoms with van der Waals surface area (Å²) < 4.78 is 0. The number of piperidine rings is 1. The number of imide groups is 1. The maximum absolute atomic E-state index is 11.7. The largest absolute Gasteiger partial charge is 0.306 e. The van der Waals surface area contributed by atoms with Crippen molar-refractivity contribution in [3.63, 3.8) is 0 Å². The van der Waals surface area contributed by atoms with Crippen LogP contribution in [-0.4, -0.2) is 36.3 Å². The van der Waals surface area contributed by atoms with Crippen molar-refractivity contribution in [1.29, 1.82) is 0 Å². The molecule has 1 fully saturated rings. The Hall–Kier alpha value is -0.900. The summed E-state index contributed by atoms with van der Waals surface area (Å²) in [5, 5.41) is 3.21. The molecule has 15 heavy (non-hydrogen) atoms. The first-order valence-electron chi connectivity index (χ1n) is 5.56. The standard InChI is InChI=1S/C11H20N2O2/c1-8(2)6-7-12-9-4-5-10(14)13(3)11(9)15/h8-9,12H,4-7H2,1-3H3. The number of hydrogen-bond donors (Lipinski definition) is 1. The number of likely N-dealkylation sites (tertiary alicyclic amines) is 1. The first-order valence-corrected chi connectivity index (χ1v) is 5.56. The summed E-state index contributed by atoms with van der Waals surface area (Å²) in [4.78, 5) is 24.1. The van der Waals surface area contributed by atoms with E-state index < -0.39 is 0 Å². The van der Waals surface area contributed by atoms with Crippen LogP contribution >= 0.6 is 0 Å². The molecule has 4 nitrogen and oxygen atoms in total. The quantitative estimate of drug-likeness (QED) is 0.700.